The Morgan fingerprint density at radius 3 is 2.73 bits per heavy atom. The van der Waals surface area contributed by atoms with Crippen LogP contribution in [0.5, 0.6) is 0 Å². The molecule has 0 aromatic rings. The maximum Gasteiger partial charge on any atom is 0.0431 e. The molecule has 0 heterocycles. The summed E-state index contributed by atoms with van der Waals surface area (Å²) in [5, 5.41) is 12.0. The van der Waals surface area contributed by atoms with Gasteiger partial charge in [0.15, 0.2) is 0 Å². The molecule has 11 heavy (non-hydrogen) atoms. The fourth-order valence-corrected chi connectivity index (χ4v) is 1.33. The van der Waals surface area contributed by atoms with Crippen LogP contribution in [-0.2, 0) is 0 Å². The van der Waals surface area contributed by atoms with E-state index >= 15 is 0 Å². The maximum atomic E-state index is 8.53. The molecule has 0 spiro atoms. The van der Waals surface area contributed by atoms with Gasteiger partial charge in [0.05, 0.1) is 0 Å². The zero-order valence-corrected chi connectivity index (χ0v) is 7.34. The van der Waals surface area contributed by atoms with Crippen molar-refractivity contribution in [2.45, 2.75) is 38.6 Å². The van der Waals surface area contributed by atoms with Gasteiger partial charge >= 0.3 is 0 Å². The van der Waals surface area contributed by atoms with Crippen LogP contribution >= 0.6 is 0 Å². The van der Waals surface area contributed by atoms with Crippen molar-refractivity contribution >= 4 is 0 Å². The molecule has 2 heteroatoms. The first kappa shape index (κ1) is 9.01. The van der Waals surface area contributed by atoms with Crippen molar-refractivity contribution in [2.75, 3.05) is 13.2 Å². The Morgan fingerprint density at radius 1 is 1.45 bits per heavy atom. The first-order valence-corrected chi connectivity index (χ1v) is 4.69. The Morgan fingerprint density at radius 2 is 2.18 bits per heavy atom. The Labute approximate surface area is 69.0 Å². The highest BCUT2D eigenvalue weighted by Crippen LogP contribution is 2.32. The summed E-state index contributed by atoms with van der Waals surface area (Å²) >= 11 is 0. The highest BCUT2D eigenvalue weighted by atomic mass is 16.2. The van der Waals surface area contributed by atoms with Gasteiger partial charge in [-0.05, 0) is 45.1 Å². The minimum Gasteiger partial charge on any atom is -0.396 e. The van der Waals surface area contributed by atoms with E-state index < -0.39 is 0 Å². The van der Waals surface area contributed by atoms with Gasteiger partial charge in [-0.1, -0.05) is 0 Å². The molecule has 2 N–H and O–H groups in total. The Kier molecular flexibility index (Phi) is 3.87. The summed E-state index contributed by atoms with van der Waals surface area (Å²) in [5.74, 6) is 0.948. The number of hydrogen-bond acceptors (Lipinski definition) is 2. The first-order chi connectivity index (χ1) is 5.34. The van der Waals surface area contributed by atoms with Crippen LogP contribution in [0.2, 0.25) is 0 Å². The summed E-state index contributed by atoms with van der Waals surface area (Å²) in [7, 11) is 0. The average Bonchev–Trinajstić information content (AvgIpc) is 2.79. The molecule has 1 unspecified atom stereocenters. The standard InChI is InChI=1S/C9H19NO/c1-8(9-4-5-9)10-6-2-3-7-11/h8-11H,2-7H2,1H3. The third kappa shape index (κ3) is 3.73. The molecule has 1 fully saturated rings. The van der Waals surface area contributed by atoms with Crippen LogP contribution < -0.4 is 5.32 Å². The molecular weight excluding hydrogens is 138 g/mol. The second-order valence-electron chi connectivity index (χ2n) is 3.51. The third-order valence-electron chi connectivity index (χ3n) is 2.38. The summed E-state index contributed by atoms with van der Waals surface area (Å²) in [4.78, 5) is 0. The molecule has 0 amide bonds. The number of unbranched alkanes of at least 4 members (excludes halogenated alkanes) is 1. The van der Waals surface area contributed by atoms with Crippen LogP contribution in [0.1, 0.15) is 32.6 Å². The molecule has 1 rings (SSSR count). The smallest absolute Gasteiger partial charge is 0.0431 e. The summed E-state index contributed by atoms with van der Waals surface area (Å²) in [6, 6.07) is 0.702. The lowest BCUT2D eigenvalue weighted by Crippen LogP contribution is -2.28. The van der Waals surface area contributed by atoms with Gasteiger partial charge < -0.3 is 10.4 Å². The predicted octanol–water partition coefficient (Wildman–Crippen LogP) is 1.15. The average molecular weight is 157 g/mol. The molecule has 66 valence electrons. The van der Waals surface area contributed by atoms with Crippen molar-refractivity contribution in [2.24, 2.45) is 5.92 Å². The van der Waals surface area contributed by atoms with E-state index in [-0.39, 0.29) is 0 Å². The Hall–Kier alpha value is -0.0800. The van der Waals surface area contributed by atoms with Crippen molar-refractivity contribution in [3.05, 3.63) is 0 Å². The third-order valence-corrected chi connectivity index (χ3v) is 2.38. The largest absolute Gasteiger partial charge is 0.396 e. The second-order valence-corrected chi connectivity index (χ2v) is 3.51. The maximum absolute atomic E-state index is 8.53. The van der Waals surface area contributed by atoms with E-state index in [0.717, 1.165) is 25.3 Å². The SMILES string of the molecule is CC(NCCCCO)C1CC1. The van der Waals surface area contributed by atoms with Gasteiger partial charge in [-0.3, -0.25) is 0 Å². The monoisotopic (exact) mass is 157 g/mol. The first-order valence-electron chi connectivity index (χ1n) is 4.69. The molecular formula is C9H19NO. The van der Waals surface area contributed by atoms with Crippen molar-refractivity contribution in [1.29, 1.82) is 0 Å². The molecule has 1 aliphatic carbocycles. The van der Waals surface area contributed by atoms with Crippen LogP contribution in [0.15, 0.2) is 0 Å². The Balaban J connectivity index is 1.85. The van der Waals surface area contributed by atoms with Gasteiger partial charge in [0.25, 0.3) is 0 Å². The van der Waals surface area contributed by atoms with Gasteiger partial charge in [-0.2, -0.15) is 0 Å². The lowest BCUT2D eigenvalue weighted by molar-refractivity contribution is 0.282. The molecule has 0 aliphatic heterocycles. The van der Waals surface area contributed by atoms with Crippen LogP contribution in [0, 0.1) is 5.92 Å². The fourth-order valence-electron chi connectivity index (χ4n) is 1.33. The lowest BCUT2D eigenvalue weighted by Gasteiger charge is -2.11. The molecule has 2 nitrogen and oxygen atoms in total. The van der Waals surface area contributed by atoms with E-state index in [1.54, 1.807) is 0 Å². The van der Waals surface area contributed by atoms with Crippen molar-refractivity contribution in [3.8, 4) is 0 Å². The van der Waals surface area contributed by atoms with E-state index in [2.05, 4.69) is 12.2 Å². The summed E-state index contributed by atoms with van der Waals surface area (Å²) in [5.41, 5.74) is 0. The van der Waals surface area contributed by atoms with E-state index in [1.807, 2.05) is 0 Å². The van der Waals surface area contributed by atoms with Crippen molar-refractivity contribution < 1.29 is 5.11 Å². The number of nitrogens with one attached hydrogen (secondary N) is 1. The van der Waals surface area contributed by atoms with Gasteiger partial charge in [0, 0.05) is 12.6 Å². The van der Waals surface area contributed by atoms with Crippen LogP contribution in [0.25, 0.3) is 0 Å². The summed E-state index contributed by atoms with van der Waals surface area (Å²) in [6.45, 7) is 3.66. The topological polar surface area (TPSA) is 32.3 Å². The van der Waals surface area contributed by atoms with E-state index in [1.165, 1.54) is 12.8 Å². The van der Waals surface area contributed by atoms with Gasteiger partial charge in [0.2, 0.25) is 0 Å². The molecule has 0 bridgehead atoms. The second kappa shape index (κ2) is 4.73. The quantitative estimate of drug-likeness (QED) is 0.567. The number of aliphatic hydroxyl groups is 1. The zero-order chi connectivity index (χ0) is 8.10. The molecule has 0 aromatic carbocycles. The van der Waals surface area contributed by atoms with E-state index in [4.69, 9.17) is 5.11 Å². The minimum atomic E-state index is 0.333. The highest BCUT2D eigenvalue weighted by Gasteiger charge is 2.26. The van der Waals surface area contributed by atoms with Crippen LogP contribution in [0.3, 0.4) is 0 Å². The lowest BCUT2D eigenvalue weighted by atomic mass is 10.2. The summed E-state index contributed by atoms with van der Waals surface area (Å²) in [6.07, 6.45) is 4.86. The van der Waals surface area contributed by atoms with Crippen LogP contribution in [-0.4, -0.2) is 24.3 Å². The minimum absolute atomic E-state index is 0.333. The van der Waals surface area contributed by atoms with Crippen LogP contribution in [0.4, 0.5) is 0 Å². The fraction of sp³-hybridized carbons (Fsp3) is 1.00. The number of hydrogen-bond donors (Lipinski definition) is 2. The molecule has 1 aliphatic rings. The van der Waals surface area contributed by atoms with E-state index in [0.29, 0.717) is 12.6 Å². The summed E-state index contributed by atoms with van der Waals surface area (Å²) < 4.78 is 0. The molecule has 0 aromatic heterocycles. The molecule has 0 saturated heterocycles. The molecule has 1 atom stereocenters. The zero-order valence-electron chi connectivity index (χ0n) is 7.34. The van der Waals surface area contributed by atoms with Gasteiger partial charge in [-0.25, -0.2) is 0 Å². The van der Waals surface area contributed by atoms with E-state index in [9.17, 15) is 0 Å². The number of aliphatic hydroxyl groups excluding tert-OH is 1. The normalized spacial score (nSPS) is 20.2. The van der Waals surface area contributed by atoms with Crippen molar-refractivity contribution in [3.63, 3.8) is 0 Å². The van der Waals surface area contributed by atoms with Crippen molar-refractivity contribution in [1.82, 2.24) is 5.32 Å². The molecule has 1 saturated carbocycles. The molecule has 0 radical (unpaired) electrons. The Bertz CT molecular complexity index is 102. The van der Waals surface area contributed by atoms with Gasteiger partial charge in [0.1, 0.15) is 0 Å². The highest BCUT2D eigenvalue weighted by molar-refractivity contribution is 4.82. The predicted molar refractivity (Wildman–Crippen MR) is 46.5 cm³/mol. The number of rotatable bonds is 6. The van der Waals surface area contributed by atoms with Gasteiger partial charge in [-0.15, -0.1) is 0 Å².